The molecule has 1 N–H and O–H groups in total. The number of nitrogens with one attached hydrogen (secondary N) is 1. The SMILES string of the molecule is CCCCNC(=O)C(Cc1ccccc1)N(Cc1ccc(C)cc1)C(=O)CCSc1ccccc1. The summed E-state index contributed by atoms with van der Waals surface area (Å²) in [6.45, 7) is 5.18. The van der Waals surface area contributed by atoms with Crippen LogP contribution in [0.15, 0.2) is 89.8 Å². The molecule has 0 bridgehead atoms. The van der Waals surface area contributed by atoms with Crippen LogP contribution < -0.4 is 5.32 Å². The van der Waals surface area contributed by atoms with E-state index in [4.69, 9.17) is 0 Å². The molecule has 5 heteroatoms. The fourth-order valence-electron chi connectivity index (χ4n) is 3.87. The fourth-order valence-corrected chi connectivity index (χ4v) is 4.73. The first kappa shape index (κ1) is 26.6. The molecule has 3 rings (SSSR count). The van der Waals surface area contributed by atoms with Gasteiger partial charge in [-0.15, -0.1) is 11.8 Å². The third-order valence-electron chi connectivity index (χ3n) is 5.90. The number of thioether (sulfide) groups is 1. The first-order valence-corrected chi connectivity index (χ1v) is 13.4. The molecule has 0 aliphatic heterocycles. The van der Waals surface area contributed by atoms with Crippen LogP contribution in [0.2, 0.25) is 0 Å². The lowest BCUT2D eigenvalue weighted by atomic mass is 10.0. The Hall–Kier alpha value is -3.05. The summed E-state index contributed by atoms with van der Waals surface area (Å²) < 4.78 is 0. The molecule has 35 heavy (non-hydrogen) atoms. The Morgan fingerprint density at radius 2 is 1.54 bits per heavy atom. The number of benzene rings is 3. The van der Waals surface area contributed by atoms with E-state index in [1.54, 1.807) is 16.7 Å². The van der Waals surface area contributed by atoms with Crippen LogP contribution in [-0.2, 0) is 22.6 Å². The second-order valence-electron chi connectivity index (χ2n) is 8.77. The molecule has 184 valence electrons. The van der Waals surface area contributed by atoms with Gasteiger partial charge in [-0.25, -0.2) is 0 Å². The lowest BCUT2D eigenvalue weighted by Gasteiger charge is -2.31. The van der Waals surface area contributed by atoms with Gasteiger partial charge in [0.1, 0.15) is 6.04 Å². The van der Waals surface area contributed by atoms with Gasteiger partial charge >= 0.3 is 0 Å². The Labute approximate surface area is 214 Å². The molecule has 0 saturated carbocycles. The average Bonchev–Trinajstić information content (AvgIpc) is 2.88. The van der Waals surface area contributed by atoms with Crippen molar-refractivity contribution in [2.45, 2.75) is 57.0 Å². The highest BCUT2D eigenvalue weighted by Crippen LogP contribution is 2.21. The Morgan fingerprint density at radius 3 is 2.20 bits per heavy atom. The molecule has 3 aromatic carbocycles. The van der Waals surface area contributed by atoms with E-state index in [0.29, 0.717) is 31.7 Å². The number of hydrogen-bond donors (Lipinski definition) is 1. The summed E-state index contributed by atoms with van der Waals surface area (Å²) in [5.41, 5.74) is 3.24. The van der Waals surface area contributed by atoms with Crippen molar-refractivity contribution in [3.63, 3.8) is 0 Å². The van der Waals surface area contributed by atoms with Crippen molar-refractivity contribution in [3.05, 3.63) is 102 Å². The summed E-state index contributed by atoms with van der Waals surface area (Å²) in [7, 11) is 0. The Bertz CT molecular complexity index is 1040. The fraction of sp³-hybridized carbons (Fsp3) is 0.333. The second kappa shape index (κ2) is 14.4. The van der Waals surface area contributed by atoms with Crippen LogP contribution >= 0.6 is 11.8 Å². The van der Waals surface area contributed by atoms with Gasteiger partial charge in [-0.3, -0.25) is 9.59 Å². The molecule has 3 aromatic rings. The second-order valence-corrected chi connectivity index (χ2v) is 9.94. The van der Waals surface area contributed by atoms with Gasteiger partial charge in [0.15, 0.2) is 0 Å². The smallest absolute Gasteiger partial charge is 0.243 e. The normalized spacial score (nSPS) is 11.6. The molecular formula is C30H36N2O2S. The molecular weight excluding hydrogens is 452 g/mol. The summed E-state index contributed by atoms with van der Waals surface area (Å²) in [6.07, 6.45) is 2.79. The van der Waals surface area contributed by atoms with Gasteiger partial charge in [-0.2, -0.15) is 0 Å². The number of nitrogens with zero attached hydrogens (tertiary/aromatic N) is 1. The number of hydrogen-bond acceptors (Lipinski definition) is 3. The lowest BCUT2D eigenvalue weighted by Crippen LogP contribution is -2.50. The van der Waals surface area contributed by atoms with Crippen molar-refractivity contribution >= 4 is 23.6 Å². The van der Waals surface area contributed by atoms with Crippen LogP contribution in [0, 0.1) is 6.92 Å². The third kappa shape index (κ3) is 8.91. The molecule has 0 heterocycles. The zero-order chi connectivity index (χ0) is 24.9. The molecule has 2 amide bonds. The molecule has 0 fully saturated rings. The van der Waals surface area contributed by atoms with E-state index >= 15 is 0 Å². The van der Waals surface area contributed by atoms with Crippen molar-refractivity contribution in [1.29, 1.82) is 0 Å². The van der Waals surface area contributed by atoms with Crippen molar-refractivity contribution in [3.8, 4) is 0 Å². The third-order valence-corrected chi connectivity index (χ3v) is 6.92. The van der Waals surface area contributed by atoms with E-state index in [1.165, 1.54) is 5.56 Å². The maximum Gasteiger partial charge on any atom is 0.243 e. The van der Waals surface area contributed by atoms with Crippen LogP contribution in [0.5, 0.6) is 0 Å². The van der Waals surface area contributed by atoms with Gasteiger partial charge in [-0.05, 0) is 36.6 Å². The maximum atomic E-state index is 13.6. The average molecular weight is 489 g/mol. The van der Waals surface area contributed by atoms with Gasteiger partial charge in [0.25, 0.3) is 0 Å². The van der Waals surface area contributed by atoms with Crippen LogP contribution in [0.4, 0.5) is 0 Å². The van der Waals surface area contributed by atoms with Gasteiger partial charge in [0.05, 0.1) is 0 Å². The van der Waals surface area contributed by atoms with Crippen LogP contribution in [0.1, 0.15) is 42.9 Å². The summed E-state index contributed by atoms with van der Waals surface area (Å²) in [4.78, 5) is 29.9. The minimum atomic E-state index is -0.565. The van der Waals surface area contributed by atoms with Gasteiger partial charge in [0.2, 0.25) is 11.8 Å². The standard InChI is InChI=1S/C30H36N2O2S/c1-3-4-20-31-30(34)28(22-25-11-7-5-8-12-25)32(23-26-17-15-24(2)16-18-26)29(33)19-21-35-27-13-9-6-10-14-27/h5-18,28H,3-4,19-23H2,1-2H3,(H,31,34). The largest absolute Gasteiger partial charge is 0.354 e. The van der Waals surface area contributed by atoms with Crippen molar-refractivity contribution in [2.24, 2.45) is 0 Å². The summed E-state index contributed by atoms with van der Waals surface area (Å²) in [5.74, 6) is 0.585. The summed E-state index contributed by atoms with van der Waals surface area (Å²) in [5, 5.41) is 3.08. The molecule has 0 aliphatic rings. The highest BCUT2D eigenvalue weighted by Gasteiger charge is 2.30. The number of amides is 2. The highest BCUT2D eigenvalue weighted by molar-refractivity contribution is 7.99. The first-order chi connectivity index (χ1) is 17.1. The lowest BCUT2D eigenvalue weighted by molar-refractivity contribution is -0.141. The van der Waals surface area contributed by atoms with Gasteiger partial charge < -0.3 is 10.2 Å². The Kier molecular flexibility index (Phi) is 10.9. The van der Waals surface area contributed by atoms with Crippen LogP contribution in [0.3, 0.4) is 0 Å². The van der Waals surface area contributed by atoms with Crippen molar-refractivity contribution in [2.75, 3.05) is 12.3 Å². The monoisotopic (exact) mass is 488 g/mol. The molecule has 0 saturated heterocycles. The predicted octanol–water partition coefficient (Wildman–Crippen LogP) is 6.03. The van der Waals surface area contributed by atoms with E-state index in [0.717, 1.165) is 28.9 Å². The first-order valence-electron chi connectivity index (χ1n) is 12.4. The number of carbonyl (C=O) groups excluding carboxylic acids is 2. The van der Waals surface area contributed by atoms with E-state index < -0.39 is 6.04 Å². The quantitative estimate of drug-likeness (QED) is 0.236. The van der Waals surface area contributed by atoms with Crippen LogP contribution in [0.25, 0.3) is 0 Å². The molecule has 1 atom stereocenters. The van der Waals surface area contributed by atoms with Crippen molar-refractivity contribution < 1.29 is 9.59 Å². The van der Waals surface area contributed by atoms with Crippen molar-refractivity contribution in [1.82, 2.24) is 10.2 Å². The number of unbranched alkanes of at least 4 members (excludes halogenated alkanes) is 1. The van der Waals surface area contributed by atoms with E-state index in [1.807, 2.05) is 67.6 Å². The van der Waals surface area contributed by atoms with Crippen LogP contribution in [-0.4, -0.2) is 35.1 Å². The van der Waals surface area contributed by atoms with Gasteiger partial charge in [-0.1, -0.05) is 91.7 Å². The van der Waals surface area contributed by atoms with E-state index in [9.17, 15) is 9.59 Å². The predicted molar refractivity (Wildman–Crippen MR) is 145 cm³/mol. The number of carbonyl (C=O) groups is 2. The van der Waals surface area contributed by atoms with E-state index in [2.05, 4.69) is 36.5 Å². The zero-order valence-electron chi connectivity index (χ0n) is 20.8. The Balaban J connectivity index is 1.82. The molecule has 0 aromatic heterocycles. The van der Waals surface area contributed by atoms with E-state index in [-0.39, 0.29) is 11.8 Å². The summed E-state index contributed by atoms with van der Waals surface area (Å²) in [6, 6.07) is 27.7. The number of rotatable bonds is 13. The molecule has 4 nitrogen and oxygen atoms in total. The van der Waals surface area contributed by atoms with Gasteiger partial charge in [0, 0.05) is 36.6 Å². The molecule has 0 radical (unpaired) electrons. The molecule has 1 unspecified atom stereocenters. The maximum absolute atomic E-state index is 13.6. The number of aryl methyl sites for hydroxylation is 1. The summed E-state index contributed by atoms with van der Waals surface area (Å²) >= 11 is 1.67. The topological polar surface area (TPSA) is 49.4 Å². The zero-order valence-corrected chi connectivity index (χ0v) is 21.6. The minimum Gasteiger partial charge on any atom is -0.354 e. The molecule has 0 spiro atoms. The Morgan fingerprint density at radius 1 is 0.886 bits per heavy atom. The highest BCUT2D eigenvalue weighted by atomic mass is 32.2. The minimum absolute atomic E-state index is 0.000536. The molecule has 0 aliphatic carbocycles.